The number of hydrogen-bond acceptors (Lipinski definition) is 3. The Morgan fingerprint density at radius 1 is 1.90 bits per heavy atom. The predicted octanol–water partition coefficient (Wildman–Crippen LogP) is 0.308. The first-order chi connectivity index (χ1) is 4.84. The van der Waals surface area contributed by atoms with Crippen molar-refractivity contribution in [3.05, 3.63) is 12.2 Å². The summed E-state index contributed by atoms with van der Waals surface area (Å²) in [6, 6.07) is -0.141. The predicted molar refractivity (Wildman–Crippen MR) is 38.8 cm³/mol. The molecule has 0 amide bonds. The third-order valence-electron chi connectivity index (χ3n) is 1.34. The van der Waals surface area contributed by atoms with E-state index in [1.165, 1.54) is 0 Å². The van der Waals surface area contributed by atoms with Gasteiger partial charge in [-0.05, 0) is 13.0 Å². The number of nitrogens with zero attached hydrogens (tertiary/aromatic N) is 2. The van der Waals surface area contributed by atoms with E-state index in [1.807, 2.05) is 6.08 Å². The summed E-state index contributed by atoms with van der Waals surface area (Å²) in [5.41, 5.74) is 0. The Kier molecular flexibility index (Phi) is 2.20. The molecule has 1 aliphatic heterocycles. The molecule has 1 heterocycles. The van der Waals surface area contributed by atoms with E-state index in [4.69, 9.17) is 0 Å². The fourth-order valence-corrected chi connectivity index (χ4v) is 0.689. The van der Waals surface area contributed by atoms with E-state index in [2.05, 4.69) is 11.3 Å². The van der Waals surface area contributed by atoms with Gasteiger partial charge in [0.05, 0.1) is 12.6 Å². The van der Waals surface area contributed by atoms with Crippen LogP contribution in [0.1, 0.15) is 6.92 Å². The molecular weight excluding hydrogens is 128 g/mol. The second-order valence-corrected chi connectivity index (χ2v) is 2.13. The summed E-state index contributed by atoms with van der Waals surface area (Å²) in [4.78, 5) is 10.3. The van der Waals surface area contributed by atoms with E-state index in [0.717, 1.165) is 6.29 Å². The lowest BCUT2D eigenvalue weighted by molar-refractivity contribution is -0.111. The van der Waals surface area contributed by atoms with Crippen LogP contribution in [-0.4, -0.2) is 30.1 Å². The maximum absolute atomic E-state index is 10.3. The number of rotatable bonds is 2. The largest absolute Gasteiger partial charge is 0.301 e. The third-order valence-corrected chi connectivity index (χ3v) is 1.34. The lowest BCUT2D eigenvalue weighted by atomic mass is 10.3. The molecule has 0 spiro atoms. The van der Waals surface area contributed by atoms with Crippen molar-refractivity contribution in [2.24, 2.45) is 5.10 Å². The van der Waals surface area contributed by atoms with Crippen molar-refractivity contribution in [2.45, 2.75) is 13.0 Å². The molecular formula is C7H9N2O. The molecule has 0 N–H and O–H groups in total. The van der Waals surface area contributed by atoms with Gasteiger partial charge in [0.2, 0.25) is 0 Å². The Hall–Kier alpha value is -1.12. The summed E-state index contributed by atoms with van der Waals surface area (Å²) in [7, 11) is 0. The van der Waals surface area contributed by atoms with Crippen molar-refractivity contribution < 1.29 is 4.79 Å². The summed E-state index contributed by atoms with van der Waals surface area (Å²) in [5.74, 6) is 0. The van der Waals surface area contributed by atoms with Crippen molar-refractivity contribution >= 4 is 12.5 Å². The fourth-order valence-electron chi connectivity index (χ4n) is 0.689. The van der Waals surface area contributed by atoms with Gasteiger partial charge >= 0.3 is 0 Å². The summed E-state index contributed by atoms with van der Waals surface area (Å²) in [6.07, 6.45) is 7.18. The minimum Gasteiger partial charge on any atom is -0.301 e. The number of hydrazone groups is 1. The Bertz CT molecular complexity index is 174. The smallest absolute Gasteiger partial charge is 0.143 e. The summed E-state index contributed by atoms with van der Waals surface area (Å²) >= 11 is 0. The van der Waals surface area contributed by atoms with Crippen molar-refractivity contribution in [3.63, 3.8) is 0 Å². The molecule has 0 fully saturated rings. The van der Waals surface area contributed by atoms with Crippen LogP contribution in [0.25, 0.3) is 0 Å². The van der Waals surface area contributed by atoms with Crippen LogP contribution in [-0.2, 0) is 4.79 Å². The van der Waals surface area contributed by atoms with Crippen molar-refractivity contribution in [2.75, 3.05) is 6.54 Å². The Morgan fingerprint density at radius 3 is 3.20 bits per heavy atom. The SMILES string of the molecule is CC(C=O)N1CC=C[C]=N1. The number of allylic oxidation sites excluding steroid dienone is 1. The molecule has 1 atom stereocenters. The lowest BCUT2D eigenvalue weighted by Gasteiger charge is -2.21. The van der Waals surface area contributed by atoms with Crippen LogP contribution in [0.5, 0.6) is 0 Å². The molecule has 1 aliphatic rings. The monoisotopic (exact) mass is 137 g/mol. The average molecular weight is 137 g/mol. The first-order valence-electron chi connectivity index (χ1n) is 3.17. The van der Waals surface area contributed by atoms with Crippen molar-refractivity contribution in [3.8, 4) is 0 Å². The average Bonchev–Trinajstić information content (AvgIpc) is 2.05. The fraction of sp³-hybridized carbons (Fsp3) is 0.429. The van der Waals surface area contributed by atoms with Gasteiger partial charge in [0.25, 0.3) is 0 Å². The van der Waals surface area contributed by atoms with E-state index in [9.17, 15) is 4.79 Å². The molecule has 0 saturated carbocycles. The highest BCUT2D eigenvalue weighted by molar-refractivity contribution is 5.72. The van der Waals surface area contributed by atoms with Gasteiger partial charge in [-0.1, -0.05) is 6.08 Å². The van der Waals surface area contributed by atoms with E-state index in [0.29, 0.717) is 6.54 Å². The molecule has 0 saturated heterocycles. The van der Waals surface area contributed by atoms with E-state index >= 15 is 0 Å². The zero-order valence-corrected chi connectivity index (χ0v) is 5.82. The quantitative estimate of drug-likeness (QED) is 0.513. The van der Waals surface area contributed by atoms with E-state index in [1.54, 1.807) is 18.0 Å². The molecule has 0 aliphatic carbocycles. The molecule has 1 radical (unpaired) electrons. The molecule has 3 nitrogen and oxygen atoms in total. The highest BCUT2D eigenvalue weighted by atomic mass is 16.1. The van der Waals surface area contributed by atoms with E-state index in [-0.39, 0.29) is 6.04 Å². The molecule has 1 unspecified atom stereocenters. The van der Waals surface area contributed by atoms with Gasteiger partial charge in [-0.25, -0.2) is 0 Å². The zero-order valence-electron chi connectivity index (χ0n) is 5.82. The van der Waals surface area contributed by atoms with Crippen molar-refractivity contribution in [1.82, 2.24) is 5.01 Å². The number of aldehydes is 1. The Labute approximate surface area is 60.0 Å². The topological polar surface area (TPSA) is 32.7 Å². The number of hydrogen-bond donors (Lipinski definition) is 0. The molecule has 53 valence electrons. The molecule has 0 aromatic heterocycles. The lowest BCUT2D eigenvalue weighted by Crippen LogP contribution is -2.30. The van der Waals surface area contributed by atoms with Crippen molar-refractivity contribution in [1.29, 1.82) is 0 Å². The van der Waals surface area contributed by atoms with Crippen LogP contribution in [0.3, 0.4) is 0 Å². The second kappa shape index (κ2) is 3.15. The minimum absolute atomic E-state index is 0.141. The maximum Gasteiger partial charge on any atom is 0.143 e. The van der Waals surface area contributed by atoms with E-state index < -0.39 is 0 Å². The Balaban J connectivity index is 2.50. The van der Waals surface area contributed by atoms with Crippen LogP contribution in [0.15, 0.2) is 17.3 Å². The van der Waals surface area contributed by atoms with Crippen LogP contribution in [0.2, 0.25) is 0 Å². The molecule has 1 rings (SSSR count). The molecule has 10 heavy (non-hydrogen) atoms. The van der Waals surface area contributed by atoms with Gasteiger partial charge in [0.15, 0.2) is 0 Å². The minimum atomic E-state index is -0.141. The highest BCUT2D eigenvalue weighted by Crippen LogP contribution is 1.99. The van der Waals surface area contributed by atoms with Gasteiger partial charge in [-0.15, -0.1) is 0 Å². The maximum atomic E-state index is 10.3. The Morgan fingerprint density at radius 2 is 2.70 bits per heavy atom. The molecule has 0 aromatic rings. The van der Waals surface area contributed by atoms with Gasteiger partial charge in [-0.3, -0.25) is 5.01 Å². The van der Waals surface area contributed by atoms with Gasteiger partial charge in [0.1, 0.15) is 12.5 Å². The summed E-state index contributed by atoms with van der Waals surface area (Å²) in [5, 5.41) is 5.54. The van der Waals surface area contributed by atoms with Crippen LogP contribution < -0.4 is 0 Å². The standard InChI is InChI=1S/C7H9N2O/c1-7(6-10)9-5-3-2-4-8-9/h2-3,6-7H,5H2,1H3. The summed E-state index contributed by atoms with van der Waals surface area (Å²) in [6.45, 7) is 2.50. The normalized spacial score (nSPS) is 19.1. The molecule has 0 aromatic carbocycles. The first-order valence-corrected chi connectivity index (χ1v) is 3.17. The molecule has 0 bridgehead atoms. The second-order valence-electron chi connectivity index (χ2n) is 2.13. The first kappa shape index (κ1) is 6.99. The number of carbonyl (C=O) groups is 1. The van der Waals surface area contributed by atoms with Crippen LogP contribution in [0.4, 0.5) is 0 Å². The van der Waals surface area contributed by atoms with Crippen LogP contribution in [0, 0.1) is 0 Å². The molecule has 3 heteroatoms. The van der Waals surface area contributed by atoms with Crippen LogP contribution >= 0.6 is 0 Å². The summed E-state index contributed by atoms with van der Waals surface area (Å²) < 4.78 is 0. The van der Waals surface area contributed by atoms with Gasteiger partial charge < -0.3 is 4.79 Å². The highest BCUT2D eigenvalue weighted by Gasteiger charge is 2.08. The zero-order chi connectivity index (χ0) is 7.40. The third kappa shape index (κ3) is 1.43. The van der Waals surface area contributed by atoms with Gasteiger partial charge in [-0.2, -0.15) is 5.10 Å². The number of carbonyl (C=O) groups excluding carboxylic acids is 1. The van der Waals surface area contributed by atoms with Gasteiger partial charge in [0, 0.05) is 0 Å².